The first-order valence-electron chi connectivity index (χ1n) is 6.79. The first-order valence-corrected chi connectivity index (χ1v) is 8.80. The highest BCUT2D eigenvalue weighted by Gasteiger charge is 2.15. The molecule has 1 atom stereocenters. The van der Waals surface area contributed by atoms with Crippen LogP contribution >= 0.6 is 11.6 Å². The van der Waals surface area contributed by atoms with Crippen molar-refractivity contribution in [2.24, 2.45) is 5.92 Å². The van der Waals surface area contributed by atoms with Crippen LogP contribution in [0.4, 0.5) is 0 Å². The van der Waals surface area contributed by atoms with Crippen molar-refractivity contribution in [2.45, 2.75) is 31.1 Å². The van der Waals surface area contributed by atoms with E-state index in [1.54, 1.807) is 24.3 Å². The Morgan fingerprint density at radius 3 is 2.45 bits per heavy atom. The van der Waals surface area contributed by atoms with Crippen LogP contribution in [-0.2, 0) is 16.4 Å². The zero-order valence-corrected chi connectivity index (χ0v) is 13.3. The van der Waals surface area contributed by atoms with Gasteiger partial charge in [-0.3, -0.25) is 0 Å². The lowest BCUT2D eigenvalue weighted by molar-refractivity contribution is 0.254. The van der Waals surface area contributed by atoms with Gasteiger partial charge >= 0.3 is 0 Å². The maximum atomic E-state index is 12.1. The number of sulfonamides is 1. The van der Waals surface area contributed by atoms with Gasteiger partial charge in [0.25, 0.3) is 0 Å². The minimum absolute atomic E-state index is 0.0767. The van der Waals surface area contributed by atoms with E-state index in [1.165, 1.54) is 0 Å². The number of benzene rings is 1. The highest BCUT2D eigenvalue weighted by atomic mass is 35.5. The molecule has 0 spiro atoms. The molecule has 0 heterocycles. The largest absolute Gasteiger partial charge is 0.396 e. The van der Waals surface area contributed by atoms with Crippen molar-refractivity contribution >= 4 is 21.6 Å². The van der Waals surface area contributed by atoms with Gasteiger partial charge in [-0.1, -0.05) is 25.5 Å². The lowest BCUT2D eigenvalue weighted by atomic mass is 10.0. The van der Waals surface area contributed by atoms with E-state index in [2.05, 4.69) is 4.72 Å². The summed E-state index contributed by atoms with van der Waals surface area (Å²) in [5.41, 5.74) is 1.02. The van der Waals surface area contributed by atoms with Crippen LogP contribution in [0.15, 0.2) is 29.2 Å². The molecule has 1 rings (SSSR count). The van der Waals surface area contributed by atoms with Crippen molar-refractivity contribution in [3.05, 3.63) is 29.8 Å². The van der Waals surface area contributed by atoms with Gasteiger partial charge in [-0.25, -0.2) is 13.1 Å². The first-order chi connectivity index (χ1) is 9.53. The van der Waals surface area contributed by atoms with E-state index in [1.807, 2.05) is 6.92 Å². The van der Waals surface area contributed by atoms with Gasteiger partial charge in [0.05, 0.1) is 4.90 Å². The van der Waals surface area contributed by atoms with E-state index in [0.29, 0.717) is 18.8 Å². The van der Waals surface area contributed by atoms with E-state index in [-0.39, 0.29) is 17.4 Å². The molecule has 1 unspecified atom stereocenters. The van der Waals surface area contributed by atoms with E-state index < -0.39 is 10.0 Å². The Labute approximate surface area is 126 Å². The Balaban J connectivity index is 2.68. The molecule has 0 fully saturated rings. The van der Waals surface area contributed by atoms with Crippen molar-refractivity contribution < 1.29 is 13.5 Å². The number of rotatable bonds is 9. The molecule has 0 saturated carbocycles. The fourth-order valence-electron chi connectivity index (χ4n) is 1.89. The molecule has 0 saturated heterocycles. The molecule has 0 aliphatic carbocycles. The number of nitrogens with one attached hydrogen (secondary N) is 1. The molecule has 0 radical (unpaired) electrons. The van der Waals surface area contributed by atoms with Gasteiger partial charge in [0.1, 0.15) is 0 Å². The van der Waals surface area contributed by atoms with E-state index in [9.17, 15) is 8.42 Å². The summed E-state index contributed by atoms with van der Waals surface area (Å²) in [7, 11) is -3.48. The van der Waals surface area contributed by atoms with Gasteiger partial charge < -0.3 is 5.11 Å². The van der Waals surface area contributed by atoms with Gasteiger partial charge in [0.2, 0.25) is 10.0 Å². The summed E-state index contributed by atoms with van der Waals surface area (Å²) in [6.45, 7) is 2.41. The third-order valence-electron chi connectivity index (χ3n) is 3.29. The number of halogens is 1. The van der Waals surface area contributed by atoms with E-state index >= 15 is 0 Å². The number of aliphatic hydroxyl groups is 1. The highest BCUT2D eigenvalue weighted by molar-refractivity contribution is 7.89. The summed E-state index contributed by atoms with van der Waals surface area (Å²) < 4.78 is 26.9. The topological polar surface area (TPSA) is 66.4 Å². The second kappa shape index (κ2) is 8.62. The average molecular weight is 320 g/mol. The molecule has 2 N–H and O–H groups in total. The molecule has 0 amide bonds. The zero-order valence-electron chi connectivity index (χ0n) is 11.7. The van der Waals surface area contributed by atoms with E-state index in [4.69, 9.17) is 16.7 Å². The van der Waals surface area contributed by atoms with Gasteiger partial charge in [-0.15, -0.1) is 11.6 Å². The van der Waals surface area contributed by atoms with Gasteiger partial charge in [0.15, 0.2) is 0 Å². The molecule has 1 aromatic carbocycles. The lowest BCUT2D eigenvalue weighted by Gasteiger charge is -2.14. The molecule has 0 aliphatic heterocycles. The lowest BCUT2D eigenvalue weighted by Crippen LogP contribution is -2.29. The van der Waals surface area contributed by atoms with Crippen molar-refractivity contribution in [2.75, 3.05) is 19.0 Å². The van der Waals surface area contributed by atoms with Crippen molar-refractivity contribution in [1.29, 1.82) is 0 Å². The maximum absolute atomic E-state index is 12.1. The molecular weight excluding hydrogens is 298 g/mol. The van der Waals surface area contributed by atoms with Crippen molar-refractivity contribution in [3.8, 4) is 0 Å². The summed E-state index contributed by atoms with van der Waals surface area (Å²) in [5, 5.41) is 8.91. The summed E-state index contributed by atoms with van der Waals surface area (Å²) in [4.78, 5) is 0.259. The normalized spacial score (nSPS) is 13.3. The first kappa shape index (κ1) is 17.4. The van der Waals surface area contributed by atoms with Crippen LogP contribution in [0.3, 0.4) is 0 Å². The summed E-state index contributed by atoms with van der Waals surface area (Å²) in [5.74, 6) is 0.675. The quantitative estimate of drug-likeness (QED) is 0.685. The summed E-state index contributed by atoms with van der Waals surface area (Å²) >= 11 is 5.64. The minimum Gasteiger partial charge on any atom is -0.396 e. The molecule has 6 heteroatoms. The standard InChI is InChI=1S/C14H22ClNO3S/c1-2-12(8-10-17)11-16-20(18,19)14-5-3-13(4-6-14)7-9-15/h3-6,12,16-17H,2,7-11H2,1H3. The Hall–Kier alpha value is -0.620. The fraction of sp³-hybridized carbons (Fsp3) is 0.571. The molecule has 0 bridgehead atoms. The molecular formula is C14H22ClNO3S. The SMILES string of the molecule is CCC(CCO)CNS(=O)(=O)c1ccc(CCCl)cc1. The Bertz CT molecular complexity index is 488. The van der Waals surface area contributed by atoms with Gasteiger partial charge in [-0.2, -0.15) is 0 Å². The Morgan fingerprint density at radius 2 is 1.95 bits per heavy atom. The van der Waals surface area contributed by atoms with Crippen LogP contribution in [0.2, 0.25) is 0 Å². The summed E-state index contributed by atoms with van der Waals surface area (Å²) in [6.07, 6.45) is 2.16. The second-order valence-corrected chi connectivity index (χ2v) is 6.87. The zero-order chi connectivity index (χ0) is 15.0. The van der Waals surface area contributed by atoms with Crippen LogP contribution in [0.25, 0.3) is 0 Å². The third kappa shape index (κ3) is 5.40. The maximum Gasteiger partial charge on any atom is 0.240 e. The van der Waals surface area contributed by atoms with E-state index in [0.717, 1.165) is 18.4 Å². The smallest absolute Gasteiger partial charge is 0.240 e. The highest BCUT2D eigenvalue weighted by Crippen LogP contribution is 2.13. The average Bonchev–Trinajstić information content (AvgIpc) is 2.44. The minimum atomic E-state index is -3.48. The van der Waals surface area contributed by atoms with Gasteiger partial charge in [0, 0.05) is 19.0 Å². The number of alkyl halides is 1. The summed E-state index contributed by atoms with van der Waals surface area (Å²) in [6, 6.07) is 6.75. The number of hydrogen-bond acceptors (Lipinski definition) is 3. The fourth-order valence-corrected chi connectivity index (χ4v) is 3.22. The third-order valence-corrected chi connectivity index (χ3v) is 4.92. The van der Waals surface area contributed by atoms with Crippen molar-refractivity contribution in [3.63, 3.8) is 0 Å². The van der Waals surface area contributed by atoms with Crippen LogP contribution in [0.1, 0.15) is 25.3 Å². The van der Waals surface area contributed by atoms with Crippen LogP contribution in [0.5, 0.6) is 0 Å². The number of hydrogen-bond donors (Lipinski definition) is 2. The molecule has 1 aromatic rings. The second-order valence-electron chi connectivity index (χ2n) is 4.72. The monoisotopic (exact) mass is 319 g/mol. The number of aliphatic hydroxyl groups excluding tert-OH is 1. The molecule has 0 aromatic heterocycles. The van der Waals surface area contributed by atoms with Crippen molar-refractivity contribution in [1.82, 2.24) is 4.72 Å². The predicted molar refractivity (Wildman–Crippen MR) is 81.5 cm³/mol. The van der Waals surface area contributed by atoms with Crippen LogP contribution in [-0.4, -0.2) is 32.6 Å². The predicted octanol–water partition coefficient (Wildman–Crippen LogP) is 2.15. The Kier molecular flexibility index (Phi) is 7.51. The molecule has 114 valence electrons. The molecule has 20 heavy (non-hydrogen) atoms. The van der Waals surface area contributed by atoms with Crippen LogP contribution in [0, 0.1) is 5.92 Å². The number of aryl methyl sites for hydroxylation is 1. The molecule has 4 nitrogen and oxygen atoms in total. The molecule has 0 aliphatic rings. The van der Waals surface area contributed by atoms with Gasteiger partial charge in [-0.05, 0) is 36.5 Å². The Morgan fingerprint density at radius 1 is 1.30 bits per heavy atom. The van der Waals surface area contributed by atoms with Crippen LogP contribution < -0.4 is 4.72 Å².